The zero-order valence-corrected chi connectivity index (χ0v) is 11.7. The van der Waals surface area contributed by atoms with Gasteiger partial charge in [0.15, 0.2) is 34.5 Å². The van der Waals surface area contributed by atoms with Crippen molar-refractivity contribution in [2.75, 3.05) is 0 Å². The summed E-state index contributed by atoms with van der Waals surface area (Å²) in [7, 11) is 0. The minimum Gasteiger partial charge on any atom is -0.508 e. The van der Waals surface area contributed by atoms with Crippen molar-refractivity contribution in [3.05, 3.63) is 34.2 Å². The Kier molecular flexibility index (Phi) is 3.40. The van der Waals surface area contributed by atoms with Gasteiger partial charge in [-0.2, -0.15) is 0 Å². The standard InChI is InChI=1S/C14H16O8/c1-3-5(10(18)14(22)13(21)7(3)15)6-11(19)8(16)4(2)9(17)12(6)20/h3,5,15-22H,1-2H3. The number of phenolic OH excluding ortho intramolecular Hbond substituents is 4. The quantitative estimate of drug-likeness (QED) is 0.289. The highest BCUT2D eigenvalue weighted by molar-refractivity contribution is 5.66. The van der Waals surface area contributed by atoms with Crippen molar-refractivity contribution in [1.82, 2.24) is 0 Å². The second-order valence-corrected chi connectivity index (χ2v) is 5.17. The van der Waals surface area contributed by atoms with Gasteiger partial charge in [0.1, 0.15) is 11.5 Å². The highest BCUT2D eigenvalue weighted by Gasteiger charge is 2.41. The molecule has 0 saturated heterocycles. The number of aliphatic hydroxyl groups excluding tert-OH is 4. The first-order chi connectivity index (χ1) is 10.1. The fourth-order valence-electron chi connectivity index (χ4n) is 2.52. The molecule has 2 unspecified atom stereocenters. The molecule has 120 valence electrons. The van der Waals surface area contributed by atoms with E-state index in [2.05, 4.69) is 0 Å². The molecule has 0 spiro atoms. The van der Waals surface area contributed by atoms with Crippen LogP contribution in [0.4, 0.5) is 0 Å². The molecule has 1 aromatic carbocycles. The van der Waals surface area contributed by atoms with E-state index in [1.807, 2.05) is 0 Å². The fourth-order valence-corrected chi connectivity index (χ4v) is 2.52. The predicted octanol–water partition coefficient (Wildman–Crippen LogP) is 2.21. The maximum atomic E-state index is 10.0. The summed E-state index contributed by atoms with van der Waals surface area (Å²) in [5.41, 5.74) is -0.672. The summed E-state index contributed by atoms with van der Waals surface area (Å²) in [5.74, 6) is -9.01. The summed E-state index contributed by atoms with van der Waals surface area (Å²) in [4.78, 5) is 0. The van der Waals surface area contributed by atoms with E-state index in [4.69, 9.17) is 0 Å². The van der Waals surface area contributed by atoms with Gasteiger partial charge in [-0.1, -0.05) is 6.92 Å². The van der Waals surface area contributed by atoms with Crippen LogP contribution in [0.5, 0.6) is 23.0 Å². The molecule has 0 radical (unpaired) electrons. The lowest BCUT2D eigenvalue weighted by atomic mass is 9.79. The number of phenols is 4. The lowest BCUT2D eigenvalue weighted by Crippen LogP contribution is -2.23. The highest BCUT2D eigenvalue weighted by atomic mass is 16.4. The molecule has 0 bridgehead atoms. The minimum atomic E-state index is -1.40. The summed E-state index contributed by atoms with van der Waals surface area (Å²) in [5, 5.41) is 78.4. The summed E-state index contributed by atoms with van der Waals surface area (Å²) < 4.78 is 0. The summed E-state index contributed by atoms with van der Waals surface area (Å²) >= 11 is 0. The largest absolute Gasteiger partial charge is 0.508 e. The van der Waals surface area contributed by atoms with Gasteiger partial charge in [-0.25, -0.2) is 0 Å². The van der Waals surface area contributed by atoms with Crippen molar-refractivity contribution in [3.8, 4) is 23.0 Å². The van der Waals surface area contributed by atoms with Crippen molar-refractivity contribution >= 4 is 0 Å². The fraction of sp³-hybridized carbons (Fsp3) is 0.286. The van der Waals surface area contributed by atoms with Crippen LogP contribution in [-0.2, 0) is 0 Å². The molecule has 1 aliphatic carbocycles. The highest BCUT2D eigenvalue weighted by Crippen LogP contribution is 2.54. The Morgan fingerprint density at radius 1 is 0.636 bits per heavy atom. The van der Waals surface area contributed by atoms with Crippen LogP contribution in [-0.4, -0.2) is 40.9 Å². The van der Waals surface area contributed by atoms with Crippen LogP contribution in [0.25, 0.3) is 0 Å². The summed E-state index contributed by atoms with van der Waals surface area (Å²) in [6, 6.07) is 0. The molecule has 0 saturated carbocycles. The number of allylic oxidation sites excluding steroid dienone is 2. The Balaban J connectivity index is 2.79. The number of rotatable bonds is 1. The van der Waals surface area contributed by atoms with Gasteiger partial charge in [-0.05, 0) is 6.92 Å². The summed E-state index contributed by atoms with van der Waals surface area (Å²) in [6.07, 6.45) is 0. The van der Waals surface area contributed by atoms with E-state index in [1.165, 1.54) is 13.8 Å². The van der Waals surface area contributed by atoms with E-state index in [1.54, 1.807) is 0 Å². The molecule has 0 heterocycles. The second-order valence-electron chi connectivity index (χ2n) is 5.17. The van der Waals surface area contributed by atoms with Gasteiger partial charge in [0.25, 0.3) is 0 Å². The van der Waals surface area contributed by atoms with Crippen molar-refractivity contribution in [1.29, 1.82) is 0 Å². The molecule has 8 nitrogen and oxygen atoms in total. The van der Waals surface area contributed by atoms with Gasteiger partial charge < -0.3 is 40.9 Å². The van der Waals surface area contributed by atoms with E-state index >= 15 is 0 Å². The lowest BCUT2D eigenvalue weighted by Gasteiger charge is -2.29. The van der Waals surface area contributed by atoms with E-state index < -0.39 is 63.4 Å². The Labute approximate surface area is 124 Å². The van der Waals surface area contributed by atoms with Gasteiger partial charge in [0.2, 0.25) is 0 Å². The van der Waals surface area contributed by atoms with E-state index in [0.717, 1.165) is 0 Å². The Hall–Kier alpha value is -2.90. The van der Waals surface area contributed by atoms with Gasteiger partial charge in [-0.15, -0.1) is 0 Å². The first-order valence-electron chi connectivity index (χ1n) is 6.32. The van der Waals surface area contributed by atoms with E-state index in [0.29, 0.717) is 0 Å². The molecule has 0 aromatic heterocycles. The molecule has 0 aliphatic heterocycles. The number of hydrogen-bond acceptors (Lipinski definition) is 8. The number of benzene rings is 1. The van der Waals surface area contributed by atoms with Gasteiger partial charge in [-0.3, -0.25) is 0 Å². The minimum absolute atomic E-state index is 0.183. The molecule has 8 heteroatoms. The van der Waals surface area contributed by atoms with Crippen molar-refractivity contribution in [3.63, 3.8) is 0 Å². The normalized spacial score (nSPS) is 22.3. The van der Waals surface area contributed by atoms with Gasteiger partial charge in [0, 0.05) is 11.5 Å². The first-order valence-corrected chi connectivity index (χ1v) is 6.32. The van der Waals surface area contributed by atoms with Crippen LogP contribution in [0.3, 0.4) is 0 Å². The zero-order chi connectivity index (χ0) is 16.9. The van der Waals surface area contributed by atoms with Crippen LogP contribution in [0.15, 0.2) is 23.0 Å². The monoisotopic (exact) mass is 312 g/mol. The third-order valence-corrected chi connectivity index (χ3v) is 3.92. The molecule has 1 aromatic rings. The van der Waals surface area contributed by atoms with Crippen LogP contribution >= 0.6 is 0 Å². The van der Waals surface area contributed by atoms with Gasteiger partial charge >= 0.3 is 0 Å². The SMILES string of the molecule is Cc1c(O)c(O)c(C2C(O)=C(O)C(O)=C(O)C2C)c(O)c1O. The van der Waals surface area contributed by atoms with Crippen molar-refractivity contribution in [2.24, 2.45) is 5.92 Å². The topological polar surface area (TPSA) is 162 Å². The molecule has 8 N–H and O–H groups in total. The molecule has 22 heavy (non-hydrogen) atoms. The Bertz CT molecular complexity index is 687. The average Bonchev–Trinajstić information content (AvgIpc) is 2.50. The first kappa shape index (κ1) is 15.5. The van der Waals surface area contributed by atoms with Crippen LogP contribution < -0.4 is 0 Å². The lowest BCUT2D eigenvalue weighted by molar-refractivity contribution is 0.186. The van der Waals surface area contributed by atoms with E-state index in [-0.39, 0.29) is 5.56 Å². The average molecular weight is 312 g/mol. The summed E-state index contributed by atoms with van der Waals surface area (Å²) in [6.45, 7) is 2.58. The van der Waals surface area contributed by atoms with Gasteiger partial charge in [0.05, 0.1) is 11.5 Å². The maximum absolute atomic E-state index is 10.0. The molecule has 1 aliphatic rings. The smallest absolute Gasteiger partial charge is 0.200 e. The number of aromatic hydroxyl groups is 4. The Morgan fingerprint density at radius 3 is 1.50 bits per heavy atom. The predicted molar refractivity (Wildman–Crippen MR) is 74.3 cm³/mol. The zero-order valence-electron chi connectivity index (χ0n) is 11.7. The van der Waals surface area contributed by atoms with Crippen LogP contribution in [0.1, 0.15) is 24.0 Å². The van der Waals surface area contributed by atoms with Crippen LogP contribution in [0, 0.1) is 12.8 Å². The number of aliphatic hydroxyl groups is 4. The van der Waals surface area contributed by atoms with Crippen molar-refractivity contribution in [2.45, 2.75) is 19.8 Å². The molecule has 2 rings (SSSR count). The number of hydrogen-bond donors (Lipinski definition) is 8. The molecule has 0 fully saturated rings. The second kappa shape index (κ2) is 4.83. The Morgan fingerprint density at radius 2 is 1.05 bits per heavy atom. The molecular formula is C14H16O8. The maximum Gasteiger partial charge on any atom is 0.200 e. The molecule has 0 amide bonds. The third-order valence-electron chi connectivity index (χ3n) is 3.92. The molecule has 2 atom stereocenters. The molecular weight excluding hydrogens is 296 g/mol. The van der Waals surface area contributed by atoms with Crippen LogP contribution in [0.2, 0.25) is 0 Å². The van der Waals surface area contributed by atoms with Crippen molar-refractivity contribution < 1.29 is 40.9 Å². The third kappa shape index (κ3) is 1.84. The van der Waals surface area contributed by atoms with E-state index in [9.17, 15) is 40.9 Å².